The van der Waals surface area contributed by atoms with E-state index in [1.165, 1.54) is 6.08 Å². The highest BCUT2D eigenvalue weighted by Crippen LogP contribution is 2.32. The van der Waals surface area contributed by atoms with Crippen LogP contribution in [0.15, 0.2) is 88.9 Å². The number of anilines is 1. The molecule has 4 aromatic rings. The molecule has 8 nitrogen and oxygen atoms in total. The van der Waals surface area contributed by atoms with Gasteiger partial charge in [-0.15, -0.1) is 0 Å². The molecular weight excluding hydrogens is 586 g/mol. The molecule has 4 amide bonds. The van der Waals surface area contributed by atoms with E-state index in [4.69, 9.17) is 9.47 Å². The van der Waals surface area contributed by atoms with E-state index in [2.05, 4.69) is 21.2 Å². The van der Waals surface area contributed by atoms with Gasteiger partial charge in [-0.05, 0) is 92.6 Å². The Balaban J connectivity index is 1.40. The number of carbonyl (C=O) groups is 3. The fourth-order valence-corrected chi connectivity index (χ4v) is 4.99. The van der Waals surface area contributed by atoms with Crippen molar-refractivity contribution >= 4 is 45.5 Å². The first-order valence-corrected chi connectivity index (χ1v) is 13.9. The first-order valence-electron chi connectivity index (χ1n) is 13.1. The summed E-state index contributed by atoms with van der Waals surface area (Å²) in [6, 6.07) is 23.5. The monoisotopic (exact) mass is 613 g/mol. The smallest absolute Gasteiger partial charge is 0.336 e. The van der Waals surface area contributed by atoms with Crippen LogP contribution in [-0.4, -0.2) is 29.0 Å². The molecule has 0 spiro atoms. The van der Waals surface area contributed by atoms with Crippen LogP contribution in [0, 0.1) is 13.8 Å². The number of ether oxygens (including phenoxy) is 2. The maximum Gasteiger partial charge on any atom is 0.336 e. The lowest BCUT2D eigenvalue weighted by atomic mass is 10.1. The molecule has 41 heavy (non-hydrogen) atoms. The summed E-state index contributed by atoms with van der Waals surface area (Å²) < 4.78 is 14.6. The zero-order chi connectivity index (χ0) is 29.1. The highest BCUT2D eigenvalue weighted by molar-refractivity contribution is 9.10. The summed E-state index contributed by atoms with van der Waals surface area (Å²) in [4.78, 5) is 39.9. The number of aromatic nitrogens is 1. The second-order valence-corrected chi connectivity index (χ2v) is 10.3. The van der Waals surface area contributed by atoms with E-state index in [0.717, 1.165) is 37.8 Å². The van der Waals surface area contributed by atoms with Crippen LogP contribution in [0.2, 0.25) is 0 Å². The third-order valence-electron chi connectivity index (χ3n) is 6.69. The second-order valence-electron chi connectivity index (χ2n) is 9.43. The van der Waals surface area contributed by atoms with Gasteiger partial charge in [-0.3, -0.25) is 14.9 Å². The van der Waals surface area contributed by atoms with Gasteiger partial charge in [0.05, 0.1) is 12.3 Å². The van der Waals surface area contributed by atoms with Gasteiger partial charge >= 0.3 is 6.03 Å². The number of nitrogens with one attached hydrogen (secondary N) is 1. The Morgan fingerprint density at radius 3 is 2.32 bits per heavy atom. The van der Waals surface area contributed by atoms with E-state index in [0.29, 0.717) is 24.5 Å². The van der Waals surface area contributed by atoms with Gasteiger partial charge in [0.15, 0.2) is 0 Å². The Labute approximate surface area is 246 Å². The first kappa shape index (κ1) is 27.9. The molecule has 208 valence electrons. The van der Waals surface area contributed by atoms with Crippen LogP contribution in [0.1, 0.15) is 29.4 Å². The van der Waals surface area contributed by atoms with Crippen molar-refractivity contribution in [2.24, 2.45) is 0 Å². The van der Waals surface area contributed by atoms with Gasteiger partial charge < -0.3 is 14.0 Å². The van der Waals surface area contributed by atoms with Crippen molar-refractivity contribution in [3.63, 3.8) is 0 Å². The molecule has 0 unspecified atom stereocenters. The molecule has 9 heteroatoms. The van der Waals surface area contributed by atoms with Crippen molar-refractivity contribution in [2.45, 2.75) is 27.4 Å². The highest BCUT2D eigenvalue weighted by Gasteiger charge is 2.38. The fraction of sp³-hybridized carbons (Fsp3) is 0.156. The van der Waals surface area contributed by atoms with E-state index in [1.54, 1.807) is 24.3 Å². The molecule has 0 aliphatic carbocycles. The standard InChI is InChI=1S/C32H28BrN3O5/c1-4-40-29-8-6-5-7-28(29)36-31(38)27(30(37)34-32(36)39)18-23-17-20(2)35(21(23)3)25-13-15-26(16-14-25)41-19-22-9-11-24(33)12-10-22/h5-18H,4,19H2,1-3H3,(H,34,37,39)/b27-18+. The van der Waals surface area contributed by atoms with Crippen LogP contribution in [0.25, 0.3) is 11.8 Å². The van der Waals surface area contributed by atoms with Crippen LogP contribution >= 0.6 is 15.9 Å². The van der Waals surface area contributed by atoms with E-state index in [9.17, 15) is 14.4 Å². The Kier molecular flexibility index (Phi) is 8.07. The van der Waals surface area contributed by atoms with Crippen LogP contribution in [0.3, 0.4) is 0 Å². The summed E-state index contributed by atoms with van der Waals surface area (Å²) in [6.07, 6.45) is 1.52. The second kappa shape index (κ2) is 11.9. The van der Waals surface area contributed by atoms with Crippen molar-refractivity contribution in [1.29, 1.82) is 0 Å². The van der Waals surface area contributed by atoms with E-state index < -0.39 is 17.8 Å². The summed E-state index contributed by atoms with van der Waals surface area (Å²) in [5.74, 6) is -0.358. The third-order valence-corrected chi connectivity index (χ3v) is 7.22. The maximum absolute atomic E-state index is 13.5. The Morgan fingerprint density at radius 1 is 0.902 bits per heavy atom. The normalized spacial score (nSPS) is 14.4. The minimum atomic E-state index is -0.822. The number of hydrogen-bond acceptors (Lipinski definition) is 5. The van der Waals surface area contributed by atoms with Gasteiger partial charge in [-0.25, -0.2) is 9.69 Å². The molecule has 1 aliphatic heterocycles. The zero-order valence-corrected chi connectivity index (χ0v) is 24.4. The van der Waals surface area contributed by atoms with Crippen molar-refractivity contribution in [1.82, 2.24) is 9.88 Å². The highest BCUT2D eigenvalue weighted by atomic mass is 79.9. The lowest BCUT2D eigenvalue weighted by Gasteiger charge is -2.27. The number of urea groups is 1. The SMILES string of the molecule is CCOc1ccccc1N1C(=O)NC(=O)/C(=C\c2cc(C)n(-c3ccc(OCc4ccc(Br)cc4)cc3)c2C)C1=O. The average Bonchev–Trinajstić information content (AvgIpc) is 3.24. The summed E-state index contributed by atoms with van der Waals surface area (Å²) in [5, 5.41) is 2.28. The van der Waals surface area contributed by atoms with Crippen molar-refractivity contribution in [3.8, 4) is 17.2 Å². The molecule has 1 saturated heterocycles. The number of imide groups is 2. The van der Waals surface area contributed by atoms with E-state index >= 15 is 0 Å². The zero-order valence-electron chi connectivity index (χ0n) is 22.8. The predicted molar refractivity (Wildman–Crippen MR) is 160 cm³/mol. The maximum atomic E-state index is 13.5. The fourth-order valence-electron chi connectivity index (χ4n) is 4.72. The first-order chi connectivity index (χ1) is 19.8. The van der Waals surface area contributed by atoms with E-state index in [1.807, 2.05) is 79.9 Å². The molecule has 1 aliphatic rings. The van der Waals surface area contributed by atoms with Crippen molar-refractivity contribution in [2.75, 3.05) is 11.5 Å². The molecule has 2 heterocycles. The molecular formula is C32H28BrN3O5. The van der Waals surface area contributed by atoms with Crippen LogP contribution in [-0.2, 0) is 16.2 Å². The number of halogens is 1. The largest absolute Gasteiger partial charge is 0.492 e. The van der Waals surface area contributed by atoms with Gasteiger partial charge in [0.1, 0.15) is 23.7 Å². The Hall–Kier alpha value is -4.63. The van der Waals surface area contributed by atoms with Crippen molar-refractivity contribution < 1.29 is 23.9 Å². The summed E-state index contributed by atoms with van der Waals surface area (Å²) >= 11 is 3.44. The van der Waals surface area contributed by atoms with Gasteiger partial charge in [-0.2, -0.15) is 0 Å². The number of nitrogens with zero attached hydrogens (tertiary/aromatic N) is 2. The number of benzene rings is 3. The number of rotatable bonds is 8. The molecule has 1 fully saturated rings. The summed E-state index contributed by atoms with van der Waals surface area (Å²) in [6.45, 7) is 6.48. The molecule has 3 aromatic carbocycles. The van der Waals surface area contributed by atoms with Gasteiger partial charge in [0.25, 0.3) is 11.8 Å². The molecule has 0 radical (unpaired) electrons. The minimum Gasteiger partial charge on any atom is -0.492 e. The molecule has 1 N–H and O–H groups in total. The Bertz CT molecular complexity index is 1660. The number of carbonyl (C=O) groups excluding carboxylic acids is 3. The minimum absolute atomic E-state index is 0.146. The average molecular weight is 614 g/mol. The van der Waals surface area contributed by atoms with Crippen LogP contribution < -0.4 is 19.7 Å². The lowest BCUT2D eigenvalue weighted by molar-refractivity contribution is -0.122. The molecule has 0 bridgehead atoms. The molecule has 0 saturated carbocycles. The quantitative estimate of drug-likeness (QED) is 0.181. The van der Waals surface area contributed by atoms with Crippen LogP contribution in [0.5, 0.6) is 11.5 Å². The van der Waals surface area contributed by atoms with Gasteiger partial charge in [0.2, 0.25) is 0 Å². The lowest BCUT2D eigenvalue weighted by Crippen LogP contribution is -2.54. The number of barbiturate groups is 1. The summed E-state index contributed by atoms with van der Waals surface area (Å²) in [7, 11) is 0. The molecule has 1 aromatic heterocycles. The third kappa shape index (κ3) is 5.81. The number of para-hydroxylation sites is 2. The number of aryl methyl sites for hydroxylation is 1. The molecule has 5 rings (SSSR count). The van der Waals surface area contributed by atoms with Gasteiger partial charge in [0, 0.05) is 21.5 Å². The number of hydrogen-bond donors (Lipinski definition) is 1. The Morgan fingerprint density at radius 2 is 1.61 bits per heavy atom. The van der Waals surface area contributed by atoms with Gasteiger partial charge in [-0.1, -0.05) is 40.2 Å². The summed E-state index contributed by atoms with van der Waals surface area (Å²) in [5.41, 5.74) is 4.52. The van der Waals surface area contributed by atoms with E-state index in [-0.39, 0.29) is 11.3 Å². The van der Waals surface area contributed by atoms with Crippen LogP contribution in [0.4, 0.5) is 10.5 Å². The molecule has 0 atom stereocenters. The topological polar surface area (TPSA) is 89.9 Å². The van der Waals surface area contributed by atoms with Crippen molar-refractivity contribution in [3.05, 3.63) is 111 Å². The predicted octanol–water partition coefficient (Wildman–Crippen LogP) is 6.50. The number of amides is 4.